The Hall–Kier alpha value is -2.04. The van der Waals surface area contributed by atoms with Gasteiger partial charge in [-0.25, -0.2) is 0 Å². The summed E-state index contributed by atoms with van der Waals surface area (Å²) in [4.78, 5) is 0. The van der Waals surface area contributed by atoms with Crippen molar-refractivity contribution in [2.75, 3.05) is 13.7 Å². The molecule has 0 heterocycles. The van der Waals surface area contributed by atoms with Crippen LogP contribution in [0.25, 0.3) is 0 Å². The monoisotopic (exact) mass is 287 g/mol. The highest BCUT2D eigenvalue weighted by molar-refractivity contribution is 5.34. The number of aliphatic hydroxyl groups is 1. The number of aliphatic hydroxyl groups excluding tert-OH is 1. The van der Waals surface area contributed by atoms with E-state index >= 15 is 0 Å². The molecule has 2 aromatic rings. The van der Waals surface area contributed by atoms with Crippen molar-refractivity contribution in [2.45, 2.75) is 19.1 Å². The molecule has 0 bridgehead atoms. The summed E-state index contributed by atoms with van der Waals surface area (Å²) in [6.07, 6.45) is -0.0134. The SMILES string of the molecule is COc1ccccc1COc1cccc(C(O)CCN)c1. The summed E-state index contributed by atoms with van der Waals surface area (Å²) in [5, 5.41) is 9.96. The molecular formula is C17H21NO3. The first kappa shape index (κ1) is 15.4. The van der Waals surface area contributed by atoms with Crippen molar-refractivity contribution >= 4 is 0 Å². The molecule has 3 N–H and O–H groups in total. The van der Waals surface area contributed by atoms with Gasteiger partial charge in [0.15, 0.2) is 0 Å². The third kappa shape index (κ3) is 4.21. The molecule has 4 heteroatoms. The van der Waals surface area contributed by atoms with Crippen LogP contribution >= 0.6 is 0 Å². The van der Waals surface area contributed by atoms with Crippen LogP contribution in [0.5, 0.6) is 11.5 Å². The van der Waals surface area contributed by atoms with Gasteiger partial charge < -0.3 is 20.3 Å². The van der Waals surface area contributed by atoms with Gasteiger partial charge in [0.1, 0.15) is 18.1 Å². The lowest BCUT2D eigenvalue weighted by molar-refractivity contribution is 0.169. The number of hydrogen-bond acceptors (Lipinski definition) is 4. The largest absolute Gasteiger partial charge is 0.496 e. The van der Waals surface area contributed by atoms with E-state index in [0.717, 1.165) is 22.6 Å². The Kier molecular flexibility index (Phi) is 5.60. The number of rotatable bonds is 7. The van der Waals surface area contributed by atoms with Crippen LogP contribution in [0, 0.1) is 0 Å². The maximum atomic E-state index is 9.96. The maximum absolute atomic E-state index is 9.96. The van der Waals surface area contributed by atoms with E-state index in [1.54, 1.807) is 7.11 Å². The van der Waals surface area contributed by atoms with Gasteiger partial charge in [-0.15, -0.1) is 0 Å². The molecule has 0 saturated heterocycles. The molecule has 21 heavy (non-hydrogen) atoms. The van der Waals surface area contributed by atoms with Crippen LogP contribution in [0.2, 0.25) is 0 Å². The first-order chi connectivity index (χ1) is 10.2. The predicted molar refractivity (Wildman–Crippen MR) is 82.4 cm³/mol. The van der Waals surface area contributed by atoms with E-state index < -0.39 is 6.10 Å². The minimum Gasteiger partial charge on any atom is -0.496 e. The van der Waals surface area contributed by atoms with Gasteiger partial charge in [-0.1, -0.05) is 30.3 Å². The molecule has 0 fully saturated rings. The second-order valence-electron chi connectivity index (χ2n) is 4.77. The molecule has 2 aromatic carbocycles. The van der Waals surface area contributed by atoms with Crippen LogP contribution in [0.4, 0.5) is 0 Å². The van der Waals surface area contributed by atoms with E-state index in [4.69, 9.17) is 15.2 Å². The van der Waals surface area contributed by atoms with E-state index in [-0.39, 0.29) is 0 Å². The Morgan fingerprint density at radius 1 is 1.14 bits per heavy atom. The fourth-order valence-corrected chi connectivity index (χ4v) is 2.12. The lowest BCUT2D eigenvalue weighted by Crippen LogP contribution is -2.07. The van der Waals surface area contributed by atoms with Crippen molar-refractivity contribution in [1.82, 2.24) is 0 Å². The number of para-hydroxylation sites is 1. The highest BCUT2D eigenvalue weighted by atomic mass is 16.5. The van der Waals surface area contributed by atoms with Gasteiger partial charge in [-0.3, -0.25) is 0 Å². The highest BCUT2D eigenvalue weighted by Crippen LogP contribution is 2.23. The molecule has 0 saturated carbocycles. The third-order valence-corrected chi connectivity index (χ3v) is 3.27. The van der Waals surface area contributed by atoms with Crippen molar-refractivity contribution in [3.8, 4) is 11.5 Å². The zero-order valence-corrected chi connectivity index (χ0v) is 12.2. The Morgan fingerprint density at radius 2 is 1.95 bits per heavy atom. The molecule has 0 aliphatic heterocycles. The molecule has 0 aliphatic carbocycles. The fourth-order valence-electron chi connectivity index (χ4n) is 2.12. The van der Waals surface area contributed by atoms with Gasteiger partial charge in [0.05, 0.1) is 13.2 Å². The second-order valence-corrected chi connectivity index (χ2v) is 4.77. The lowest BCUT2D eigenvalue weighted by Gasteiger charge is -2.13. The van der Waals surface area contributed by atoms with Crippen molar-refractivity contribution in [3.05, 3.63) is 59.7 Å². The minimum atomic E-state index is -0.551. The predicted octanol–water partition coefficient (Wildman–Crippen LogP) is 2.66. The standard InChI is InChI=1S/C17H21NO3/c1-20-17-8-3-2-5-14(17)12-21-15-7-4-6-13(11-15)16(19)9-10-18/h2-8,11,16,19H,9-10,12,18H2,1H3. The second kappa shape index (κ2) is 7.67. The smallest absolute Gasteiger partial charge is 0.125 e. The lowest BCUT2D eigenvalue weighted by atomic mass is 10.1. The fraction of sp³-hybridized carbons (Fsp3) is 0.294. The highest BCUT2D eigenvalue weighted by Gasteiger charge is 2.08. The van der Waals surface area contributed by atoms with Crippen LogP contribution in [0.3, 0.4) is 0 Å². The van der Waals surface area contributed by atoms with Gasteiger partial charge in [0.2, 0.25) is 0 Å². The van der Waals surface area contributed by atoms with Crippen LogP contribution in [0.1, 0.15) is 23.7 Å². The summed E-state index contributed by atoms with van der Waals surface area (Å²) in [7, 11) is 1.64. The Bertz CT molecular complexity index is 571. The molecular weight excluding hydrogens is 266 g/mol. The molecule has 1 unspecified atom stereocenters. The van der Waals surface area contributed by atoms with E-state index in [9.17, 15) is 5.11 Å². The molecule has 2 rings (SSSR count). The molecule has 0 amide bonds. The summed E-state index contributed by atoms with van der Waals surface area (Å²) >= 11 is 0. The van der Waals surface area contributed by atoms with Crippen molar-refractivity contribution in [2.24, 2.45) is 5.73 Å². The maximum Gasteiger partial charge on any atom is 0.125 e. The molecule has 0 radical (unpaired) electrons. The average molecular weight is 287 g/mol. The van der Waals surface area contributed by atoms with Crippen LogP contribution in [0.15, 0.2) is 48.5 Å². The number of ether oxygens (including phenoxy) is 2. The number of nitrogens with two attached hydrogens (primary N) is 1. The topological polar surface area (TPSA) is 64.7 Å². The van der Waals surface area contributed by atoms with Gasteiger partial charge in [0.25, 0.3) is 0 Å². The Labute approximate surface area is 125 Å². The molecule has 0 aromatic heterocycles. The number of benzene rings is 2. The summed E-state index contributed by atoms with van der Waals surface area (Å²) in [6.45, 7) is 0.869. The molecule has 112 valence electrons. The number of hydrogen-bond donors (Lipinski definition) is 2. The number of methoxy groups -OCH3 is 1. The van der Waals surface area contributed by atoms with Gasteiger partial charge in [0, 0.05) is 5.56 Å². The normalized spacial score (nSPS) is 12.0. The van der Waals surface area contributed by atoms with Crippen molar-refractivity contribution in [3.63, 3.8) is 0 Å². The van der Waals surface area contributed by atoms with Gasteiger partial charge >= 0.3 is 0 Å². The average Bonchev–Trinajstić information content (AvgIpc) is 2.53. The third-order valence-electron chi connectivity index (χ3n) is 3.27. The van der Waals surface area contributed by atoms with E-state index in [2.05, 4.69) is 0 Å². The summed E-state index contributed by atoms with van der Waals surface area (Å²) in [5.74, 6) is 1.52. The first-order valence-electron chi connectivity index (χ1n) is 6.97. The Morgan fingerprint density at radius 3 is 2.71 bits per heavy atom. The van der Waals surface area contributed by atoms with Crippen molar-refractivity contribution < 1.29 is 14.6 Å². The molecule has 0 spiro atoms. The van der Waals surface area contributed by atoms with E-state index in [1.807, 2.05) is 48.5 Å². The van der Waals surface area contributed by atoms with Crippen LogP contribution in [-0.4, -0.2) is 18.8 Å². The summed E-state index contributed by atoms with van der Waals surface area (Å²) < 4.78 is 11.1. The quantitative estimate of drug-likeness (QED) is 0.821. The Balaban J connectivity index is 2.05. The van der Waals surface area contributed by atoms with Crippen molar-refractivity contribution in [1.29, 1.82) is 0 Å². The minimum absolute atomic E-state index is 0.417. The van der Waals surface area contributed by atoms with Gasteiger partial charge in [-0.05, 0) is 36.7 Å². The first-order valence-corrected chi connectivity index (χ1v) is 6.97. The van der Waals surface area contributed by atoms with Gasteiger partial charge in [-0.2, -0.15) is 0 Å². The molecule has 4 nitrogen and oxygen atoms in total. The zero-order chi connectivity index (χ0) is 15.1. The van der Waals surface area contributed by atoms with Crippen LogP contribution < -0.4 is 15.2 Å². The summed E-state index contributed by atoms with van der Waals surface area (Å²) in [6, 6.07) is 15.2. The summed E-state index contributed by atoms with van der Waals surface area (Å²) in [5.41, 5.74) is 7.26. The molecule has 1 atom stereocenters. The van der Waals surface area contributed by atoms with E-state index in [1.165, 1.54) is 0 Å². The van der Waals surface area contributed by atoms with E-state index in [0.29, 0.717) is 19.6 Å². The molecule has 0 aliphatic rings. The zero-order valence-electron chi connectivity index (χ0n) is 12.2. The van der Waals surface area contributed by atoms with Crippen LogP contribution in [-0.2, 0) is 6.61 Å².